The number of aryl methyl sites for hydroxylation is 1. The molecule has 3 rings (SSSR count). The van der Waals surface area contributed by atoms with E-state index < -0.39 is 0 Å². The van der Waals surface area contributed by atoms with E-state index in [4.69, 9.17) is 9.26 Å². The molecule has 0 aliphatic rings. The number of amides is 1. The molecule has 0 aliphatic carbocycles. The molecule has 25 heavy (non-hydrogen) atoms. The molecule has 2 heterocycles. The van der Waals surface area contributed by atoms with Crippen LogP contribution in [-0.4, -0.2) is 22.7 Å². The molecule has 0 unspecified atom stereocenters. The van der Waals surface area contributed by atoms with E-state index in [0.717, 1.165) is 16.9 Å². The maximum atomic E-state index is 12.7. The van der Waals surface area contributed by atoms with Gasteiger partial charge in [-0.25, -0.2) is 0 Å². The molecule has 0 saturated carbocycles. The summed E-state index contributed by atoms with van der Waals surface area (Å²) < 4.78 is 10.8. The molecule has 128 valence electrons. The molecular weight excluding hydrogens is 318 g/mol. The Morgan fingerprint density at radius 2 is 2.08 bits per heavy atom. The van der Waals surface area contributed by atoms with Crippen LogP contribution in [0.25, 0.3) is 11.3 Å². The SMILES string of the molecule is CCOc1ccccc1CNC(=O)c1c(-c2cccnc2)noc1C. The number of pyridine rings is 1. The van der Waals surface area contributed by atoms with Crippen LogP contribution in [0.4, 0.5) is 0 Å². The molecule has 0 bridgehead atoms. The lowest BCUT2D eigenvalue weighted by Crippen LogP contribution is -2.24. The third kappa shape index (κ3) is 3.68. The van der Waals surface area contributed by atoms with E-state index in [1.807, 2.05) is 37.3 Å². The summed E-state index contributed by atoms with van der Waals surface area (Å²) in [4.78, 5) is 16.8. The summed E-state index contributed by atoms with van der Waals surface area (Å²) >= 11 is 0. The van der Waals surface area contributed by atoms with Gasteiger partial charge in [-0.05, 0) is 32.0 Å². The first-order valence-corrected chi connectivity index (χ1v) is 8.06. The maximum Gasteiger partial charge on any atom is 0.257 e. The zero-order valence-electron chi connectivity index (χ0n) is 14.2. The second kappa shape index (κ2) is 7.61. The van der Waals surface area contributed by atoms with Gasteiger partial charge in [0.05, 0.1) is 6.61 Å². The highest BCUT2D eigenvalue weighted by Gasteiger charge is 2.21. The third-order valence-electron chi connectivity index (χ3n) is 3.74. The molecule has 1 amide bonds. The van der Waals surface area contributed by atoms with Crippen LogP contribution in [0.2, 0.25) is 0 Å². The zero-order chi connectivity index (χ0) is 17.6. The van der Waals surface area contributed by atoms with Gasteiger partial charge in [-0.3, -0.25) is 9.78 Å². The Morgan fingerprint density at radius 1 is 1.24 bits per heavy atom. The minimum atomic E-state index is -0.246. The van der Waals surface area contributed by atoms with Crippen molar-refractivity contribution in [3.8, 4) is 17.0 Å². The minimum Gasteiger partial charge on any atom is -0.494 e. The van der Waals surface area contributed by atoms with Crippen molar-refractivity contribution in [2.45, 2.75) is 20.4 Å². The summed E-state index contributed by atoms with van der Waals surface area (Å²) in [6, 6.07) is 11.3. The highest BCUT2D eigenvalue weighted by Crippen LogP contribution is 2.25. The molecule has 1 N–H and O–H groups in total. The van der Waals surface area contributed by atoms with Gasteiger partial charge in [0.25, 0.3) is 5.91 Å². The largest absolute Gasteiger partial charge is 0.494 e. The predicted octanol–water partition coefficient (Wildman–Crippen LogP) is 3.37. The van der Waals surface area contributed by atoms with Crippen LogP contribution < -0.4 is 10.1 Å². The fraction of sp³-hybridized carbons (Fsp3) is 0.211. The Kier molecular flexibility index (Phi) is 5.09. The second-order valence-corrected chi connectivity index (χ2v) is 5.43. The Balaban J connectivity index is 1.80. The van der Waals surface area contributed by atoms with E-state index in [1.165, 1.54) is 0 Å². The smallest absolute Gasteiger partial charge is 0.257 e. The first kappa shape index (κ1) is 16.7. The number of para-hydroxylation sites is 1. The van der Waals surface area contributed by atoms with Gasteiger partial charge >= 0.3 is 0 Å². The van der Waals surface area contributed by atoms with Crippen LogP contribution in [0.15, 0.2) is 53.3 Å². The zero-order valence-corrected chi connectivity index (χ0v) is 14.2. The predicted molar refractivity (Wildman–Crippen MR) is 93.3 cm³/mol. The van der Waals surface area contributed by atoms with Crippen molar-refractivity contribution in [2.24, 2.45) is 0 Å². The standard InChI is InChI=1S/C19H19N3O3/c1-3-24-16-9-5-4-7-14(16)12-21-19(23)17-13(2)25-22-18(17)15-8-6-10-20-11-15/h4-11H,3,12H2,1-2H3,(H,21,23). The average molecular weight is 337 g/mol. The summed E-state index contributed by atoms with van der Waals surface area (Å²) in [5, 5.41) is 6.92. The maximum absolute atomic E-state index is 12.7. The van der Waals surface area contributed by atoms with E-state index in [0.29, 0.717) is 30.2 Å². The number of benzene rings is 1. The molecule has 0 aliphatic heterocycles. The number of hydrogen-bond donors (Lipinski definition) is 1. The Morgan fingerprint density at radius 3 is 2.84 bits per heavy atom. The lowest BCUT2D eigenvalue weighted by molar-refractivity contribution is 0.0949. The second-order valence-electron chi connectivity index (χ2n) is 5.43. The van der Waals surface area contributed by atoms with Crippen LogP contribution in [0.3, 0.4) is 0 Å². The van der Waals surface area contributed by atoms with Gasteiger partial charge in [-0.15, -0.1) is 0 Å². The van der Waals surface area contributed by atoms with E-state index >= 15 is 0 Å². The minimum absolute atomic E-state index is 0.246. The average Bonchev–Trinajstić information content (AvgIpc) is 3.03. The van der Waals surface area contributed by atoms with Gasteiger partial charge in [0, 0.05) is 30.1 Å². The van der Waals surface area contributed by atoms with E-state index in [1.54, 1.807) is 25.4 Å². The first-order chi connectivity index (χ1) is 12.2. The van der Waals surface area contributed by atoms with Crippen molar-refractivity contribution in [3.63, 3.8) is 0 Å². The quantitative estimate of drug-likeness (QED) is 0.746. The van der Waals surface area contributed by atoms with E-state index in [-0.39, 0.29) is 5.91 Å². The van der Waals surface area contributed by atoms with Crippen molar-refractivity contribution in [2.75, 3.05) is 6.61 Å². The highest BCUT2D eigenvalue weighted by atomic mass is 16.5. The summed E-state index contributed by atoms with van der Waals surface area (Å²) in [7, 11) is 0. The highest BCUT2D eigenvalue weighted by molar-refractivity contribution is 6.00. The third-order valence-corrected chi connectivity index (χ3v) is 3.74. The van der Waals surface area contributed by atoms with Gasteiger partial charge in [-0.1, -0.05) is 23.4 Å². The van der Waals surface area contributed by atoms with Crippen LogP contribution in [0.1, 0.15) is 28.6 Å². The Hall–Kier alpha value is -3.15. The summed E-state index contributed by atoms with van der Waals surface area (Å²) in [5.74, 6) is 0.984. The van der Waals surface area contributed by atoms with Crippen molar-refractivity contribution in [1.29, 1.82) is 0 Å². The van der Waals surface area contributed by atoms with Crippen LogP contribution >= 0.6 is 0 Å². The first-order valence-electron chi connectivity index (χ1n) is 8.06. The van der Waals surface area contributed by atoms with Crippen LogP contribution in [-0.2, 0) is 6.54 Å². The molecule has 0 fully saturated rings. The number of carbonyl (C=O) groups excluding carboxylic acids is 1. The molecule has 3 aromatic rings. The lowest BCUT2D eigenvalue weighted by atomic mass is 10.1. The van der Waals surface area contributed by atoms with Crippen molar-refractivity contribution in [1.82, 2.24) is 15.5 Å². The summed E-state index contributed by atoms with van der Waals surface area (Å²) in [5.41, 5.74) is 2.55. The fourth-order valence-electron chi connectivity index (χ4n) is 2.55. The van der Waals surface area contributed by atoms with E-state index in [2.05, 4.69) is 15.5 Å². The molecule has 1 aromatic carbocycles. The van der Waals surface area contributed by atoms with Gasteiger partial charge in [0.15, 0.2) is 0 Å². The molecule has 6 heteroatoms. The fourth-order valence-corrected chi connectivity index (χ4v) is 2.55. The summed E-state index contributed by atoms with van der Waals surface area (Å²) in [6.07, 6.45) is 3.32. The van der Waals surface area contributed by atoms with Crippen LogP contribution in [0, 0.1) is 6.92 Å². The van der Waals surface area contributed by atoms with Crippen molar-refractivity contribution >= 4 is 5.91 Å². The van der Waals surface area contributed by atoms with Crippen molar-refractivity contribution in [3.05, 3.63) is 65.7 Å². The number of nitrogens with one attached hydrogen (secondary N) is 1. The Bertz CT molecular complexity index is 859. The van der Waals surface area contributed by atoms with Crippen LogP contribution in [0.5, 0.6) is 5.75 Å². The topological polar surface area (TPSA) is 77.2 Å². The number of aromatic nitrogens is 2. The lowest BCUT2D eigenvalue weighted by Gasteiger charge is -2.11. The van der Waals surface area contributed by atoms with Crippen molar-refractivity contribution < 1.29 is 14.1 Å². The molecule has 0 saturated heterocycles. The number of hydrogen-bond acceptors (Lipinski definition) is 5. The Labute approximate surface area is 145 Å². The van der Waals surface area contributed by atoms with E-state index in [9.17, 15) is 4.79 Å². The molecular formula is C19H19N3O3. The number of ether oxygens (including phenoxy) is 1. The van der Waals surface area contributed by atoms with Gasteiger partial charge in [0.1, 0.15) is 22.8 Å². The summed E-state index contributed by atoms with van der Waals surface area (Å²) in [6.45, 7) is 4.57. The molecule has 0 radical (unpaired) electrons. The number of rotatable bonds is 6. The molecule has 6 nitrogen and oxygen atoms in total. The number of carbonyl (C=O) groups is 1. The number of nitrogens with zero attached hydrogens (tertiary/aromatic N) is 2. The molecule has 0 atom stereocenters. The monoisotopic (exact) mass is 337 g/mol. The van der Waals surface area contributed by atoms with Gasteiger partial charge in [-0.2, -0.15) is 0 Å². The van der Waals surface area contributed by atoms with Gasteiger partial charge < -0.3 is 14.6 Å². The molecule has 0 spiro atoms. The normalized spacial score (nSPS) is 10.5. The molecule has 2 aromatic heterocycles. The van der Waals surface area contributed by atoms with Gasteiger partial charge in [0.2, 0.25) is 0 Å².